The van der Waals surface area contributed by atoms with Crippen LogP contribution in [0.1, 0.15) is 30.1 Å². The molecule has 0 radical (unpaired) electrons. The fourth-order valence-corrected chi connectivity index (χ4v) is 2.52. The lowest BCUT2D eigenvalue weighted by Crippen LogP contribution is -2.37. The van der Waals surface area contributed by atoms with Crippen molar-refractivity contribution in [1.82, 2.24) is 10.2 Å². The van der Waals surface area contributed by atoms with Crippen LogP contribution in [-0.4, -0.2) is 56.8 Å². The monoisotopic (exact) mass is 306 g/mol. The van der Waals surface area contributed by atoms with Crippen molar-refractivity contribution < 1.29 is 14.3 Å². The summed E-state index contributed by atoms with van der Waals surface area (Å²) in [5, 5.41) is 2.97. The minimum atomic E-state index is -0.0598. The summed E-state index contributed by atoms with van der Waals surface area (Å²) < 4.78 is 10.8. The number of hydrogen-bond donors (Lipinski definition) is 1. The van der Waals surface area contributed by atoms with Crippen LogP contribution in [0, 0.1) is 0 Å². The van der Waals surface area contributed by atoms with E-state index in [-0.39, 0.29) is 5.91 Å². The predicted octanol–water partition coefficient (Wildman–Crippen LogP) is 1.93. The molecule has 1 aromatic rings. The number of benzene rings is 1. The highest BCUT2D eigenvalue weighted by molar-refractivity contribution is 5.96. The fraction of sp³-hybridized carbons (Fsp3) is 0.588. The quantitative estimate of drug-likeness (QED) is 0.746. The summed E-state index contributed by atoms with van der Waals surface area (Å²) >= 11 is 0. The van der Waals surface area contributed by atoms with Crippen LogP contribution in [0.25, 0.3) is 0 Å². The molecule has 5 heteroatoms. The molecule has 0 spiro atoms. The first-order valence-electron chi connectivity index (χ1n) is 8.11. The molecule has 0 aliphatic carbocycles. The lowest BCUT2D eigenvalue weighted by molar-refractivity contribution is 0.0372. The molecule has 1 saturated heterocycles. The molecule has 122 valence electrons. The second-order valence-corrected chi connectivity index (χ2v) is 5.35. The highest BCUT2D eigenvalue weighted by atomic mass is 16.5. The van der Waals surface area contributed by atoms with Crippen molar-refractivity contribution in [2.45, 2.75) is 19.8 Å². The fourth-order valence-electron chi connectivity index (χ4n) is 2.52. The van der Waals surface area contributed by atoms with Crippen LogP contribution >= 0.6 is 0 Å². The molecule has 0 unspecified atom stereocenters. The topological polar surface area (TPSA) is 50.8 Å². The first-order valence-corrected chi connectivity index (χ1v) is 8.11. The molecule has 0 atom stereocenters. The molecule has 1 N–H and O–H groups in total. The van der Waals surface area contributed by atoms with E-state index in [4.69, 9.17) is 9.47 Å². The molecular formula is C17H26N2O3. The number of para-hydroxylation sites is 1. The highest BCUT2D eigenvalue weighted by Crippen LogP contribution is 2.17. The van der Waals surface area contributed by atoms with Gasteiger partial charge in [-0.3, -0.25) is 9.69 Å². The predicted molar refractivity (Wildman–Crippen MR) is 86.4 cm³/mol. The van der Waals surface area contributed by atoms with Crippen molar-refractivity contribution in [2.24, 2.45) is 0 Å². The summed E-state index contributed by atoms with van der Waals surface area (Å²) in [5.74, 6) is 0.589. The summed E-state index contributed by atoms with van der Waals surface area (Å²) in [6.45, 7) is 7.97. The Morgan fingerprint density at radius 2 is 2.05 bits per heavy atom. The van der Waals surface area contributed by atoms with Gasteiger partial charge in [-0.05, 0) is 38.4 Å². The van der Waals surface area contributed by atoms with Gasteiger partial charge < -0.3 is 14.8 Å². The zero-order valence-corrected chi connectivity index (χ0v) is 13.3. The number of carbonyl (C=O) groups excluding carboxylic acids is 1. The van der Waals surface area contributed by atoms with Gasteiger partial charge in [0.15, 0.2) is 0 Å². The van der Waals surface area contributed by atoms with E-state index in [2.05, 4.69) is 10.2 Å². The molecule has 0 bridgehead atoms. The zero-order valence-electron chi connectivity index (χ0n) is 13.3. The van der Waals surface area contributed by atoms with Crippen LogP contribution in [0.2, 0.25) is 0 Å². The first-order chi connectivity index (χ1) is 10.8. The number of morpholine rings is 1. The van der Waals surface area contributed by atoms with Crippen molar-refractivity contribution in [3.8, 4) is 5.75 Å². The summed E-state index contributed by atoms with van der Waals surface area (Å²) in [4.78, 5) is 14.6. The van der Waals surface area contributed by atoms with E-state index in [9.17, 15) is 4.79 Å². The lowest BCUT2D eigenvalue weighted by Gasteiger charge is -2.26. The van der Waals surface area contributed by atoms with Gasteiger partial charge in [-0.15, -0.1) is 0 Å². The minimum absolute atomic E-state index is 0.0598. The maximum Gasteiger partial charge on any atom is 0.255 e. The van der Waals surface area contributed by atoms with Crippen molar-refractivity contribution >= 4 is 5.91 Å². The molecule has 2 rings (SSSR count). The average Bonchev–Trinajstić information content (AvgIpc) is 2.56. The Kier molecular flexibility index (Phi) is 7.19. The number of nitrogens with one attached hydrogen (secondary N) is 1. The second-order valence-electron chi connectivity index (χ2n) is 5.35. The second kappa shape index (κ2) is 9.43. The van der Waals surface area contributed by atoms with Crippen LogP contribution in [-0.2, 0) is 4.74 Å². The van der Waals surface area contributed by atoms with Gasteiger partial charge in [-0.1, -0.05) is 12.1 Å². The number of amides is 1. The number of unbranched alkanes of at least 4 members (excludes halogenated alkanes) is 1. The van der Waals surface area contributed by atoms with Gasteiger partial charge >= 0.3 is 0 Å². The Morgan fingerprint density at radius 1 is 1.27 bits per heavy atom. The van der Waals surface area contributed by atoms with Crippen LogP contribution in [0.3, 0.4) is 0 Å². The molecule has 0 saturated carbocycles. The van der Waals surface area contributed by atoms with Crippen LogP contribution in [0.5, 0.6) is 5.75 Å². The van der Waals surface area contributed by atoms with Crippen LogP contribution in [0.15, 0.2) is 24.3 Å². The molecule has 1 aliphatic heterocycles. The lowest BCUT2D eigenvalue weighted by atomic mass is 10.2. The Labute approximate surface area is 132 Å². The summed E-state index contributed by atoms with van der Waals surface area (Å²) in [7, 11) is 0. The Hall–Kier alpha value is -1.59. The first kappa shape index (κ1) is 16.8. The summed E-state index contributed by atoms with van der Waals surface area (Å²) in [6, 6.07) is 7.37. The van der Waals surface area contributed by atoms with Gasteiger partial charge in [0, 0.05) is 19.6 Å². The summed E-state index contributed by atoms with van der Waals surface area (Å²) in [5.41, 5.74) is 0.609. The largest absolute Gasteiger partial charge is 0.493 e. The third kappa shape index (κ3) is 5.31. The van der Waals surface area contributed by atoms with Gasteiger partial charge in [0.25, 0.3) is 5.91 Å². The number of hydrogen-bond acceptors (Lipinski definition) is 4. The average molecular weight is 306 g/mol. The smallest absolute Gasteiger partial charge is 0.255 e. The van der Waals surface area contributed by atoms with E-state index in [1.54, 1.807) is 6.07 Å². The number of ether oxygens (including phenoxy) is 2. The Morgan fingerprint density at radius 3 is 2.82 bits per heavy atom. The molecule has 22 heavy (non-hydrogen) atoms. The third-order valence-electron chi connectivity index (χ3n) is 3.72. The molecule has 1 amide bonds. The van der Waals surface area contributed by atoms with E-state index >= 15 is 0 Å². The Balaban J connectivity index is 1.67. The Bertz CT molecular complexity index is 459. The maximum atomic E-state index is 12.2. The SMILES string of the molecule is CCOc1ccccc1C(=O)NCCCCN1CCOCC1. The maximum absolute atomic E-state index is 12.2. The molecule has 1 heterocycles. The molecule has 5 nitrogen and oxygen atoms in total. The van der Waals surface area contributed by atoms with Crippen LogP contribution < -0.4 is 10.1 Å². The van der Waals surface area contributed by atoms with Gasteiger partial charge in [-0.2, -0.15) is 0 Å². The minimum Gasteiger partial charge on any atom is -0.493 e. The molecule has 1 fully saturated rings. The van der Waals surface area contributed by atoms with Gasteiger partial charge in [0.1, 0.15) is 5.75 Å². The highest BCUT2D eigenvalue weighted by Gasteiger charge is 2.12. The number of carbonyl (C=O) groups is 1. The van der Waals surface area contributed by atoms with E-state index in [1.807, 2.05) is 25.1 Å². The van der Waals surface area contributed by atoms with E-state index in [1.165, 1.54) is 0 Å². The molecule has 1 aliphatic rings. The third-order valence-corrected chi connectivity index (χ3v) is 3.72. The van der Waals surface area contributed by atoms with Crippen molar-refractivity contribution in [3.63, 3.8) is 0 Å². The zero-order chi connectivity index (χ0) is 15.6. The van der Waals surface area contributed by atoms with E-state index in [0.29, 0.717) is 24.5 Å². The van der Waals surface area contributed by atoms with Crippen molar-refractivity contribution in [3.05, 3.63) is 29.8 Å². The molecule has 0 aromatic heterocycles. The normalized spacial score (nSPS) is 15.5. The van der Waals surface area contributed by atoms with Gasteiger partial charge in [0.05, 0.1) is 25.4 Å². The summed E-state index contributed by atoms with van der Waals surface area (Å²) in [6.07, 6.45) is 2.08. The standard InChI is InChI=1S/C17H26N2O3/c1-2-22-16-8-4-3-7-15(16)17(20)18-9-5-6-10-19-11-13-21-14-12-19/h3-4,7-8H,2,5-6,9-14H2,1H3,(H,18,20). The molecule has 1 aromatic carbocycles. The van der Waals surface area contributed by atoms with E-state index < -0.39 is 0 Å². The number of rotatable bonds is 8. The molecular weight excluding hydrogens is 280 g/mol. The van der Waals surface area contributed by atoms with Gasteiger partial charge in [0.2, 0.25) is 0 Å². The number of nitrogens with zero attached hydrogens (tertiary/aromatic N) is 1. The van der Waals surface area contributed by atoms with Gasteiger partial charge in [-0.25, -0.2) is 0 Å². The van der Waals surface area contributed by atoms with Crippen molar-refractivity contribution in [1.29, 1.82) is 0 Å². The van der Waals surface area contributed by atoms with Crippen molar-refractivity contribution in [2.75, 3.05) is 46.0 Å². The van der Waals surface area contributed by atoms with E-state index in [0.717, 1.165) is 45.7 Å². The van der Waals surface area contributed by atoms with Crippen LogP contribution in [0.4, 0.5) is 0 Å².